The van der Waals surface area contributed by atoms with Crippen molar-refractivity contribution in [2.24, 2.45) is 11.8 Å². The maximum absolute atomic E-state index is 12.8. The van der Waals surface area contributed by atoms with Gasteiger partial charge in [0, 0.05) is 18.9 Å². The van der Waals surface area contributed by atoms with E-state index in [0.717, 1.165) is 23.1 Å². The highest BCUT2D eigenvalue weighted by atomic mass is 16.6. The van der Waals surface area contributed by atoms with E-state index >= 15 is 0 Å². The van der Waals surface area contributed by atoms with E-state index in [9.17, 15) is 14.4 Å². The highest BCUT2D eigenvalue weighted by Crippen LogP contribution is 2.45. The topological polar surface area (TPSA) is 78.9 Å². The van der Waals surface area contributed by atoms with Crippen molar-refractivity contribution in [1.29, 1.82) is 0 Å². The number of carbonyl (C=O) groups is 3. The molecule has 4 unspecified atom stereocenters. The normalized spacial score (nSPS) is 23.8. The zero-order valence-electron chi connectivity index (χ0n) is 18.4. The van der Waals surface area contributed by atoms with Gasteiger partial charge in [0.05, 0.1) is 18.9 Å². The second-order valence-corrected chi connectivity index (χ2v) is 8.39. The first-order valence-electron chi connectivity index (χ1n) is 10.7. The van der Waals surface area contributed by atoms with Crippen LogP contribution >= 0.6 is 0 Å². The van der Waals surface area contributed by atoms with Crippen LogP contribution in [0.5, 0.6) is 0 Å². The molecule has 31 heavy (non-hydrogen) atoms. The van der Waals surface area contributed by atoms with Crippen molar-refractivity contribution in [3.8, 4) is 0 Å². The fourth-order valence-electron chi connectivity index (χ4n) is 4.59. The van der Waals surface area contributed by atoms with Crippen LogP contribution in [-0.4, -0.2) is 36.7 Å². The van der Waals surface area contributed by atoms with Crippen LogP contribution in [0.4, 0.5) is 0 Å². The summed E-state index contributed by atoms with van der Waals surface area (Å²) < 4.78 is 16.6. The lowest BCUT2D eigenvalue weighted by Gasteiger charge is -2.37. The molecule has 0 bridgehead atoms. The van der Waals surface area contributed by atoms with Crippen LogP contribution in [0.15, 0.2) is 53.6 Å². The standard InChI is InChI=1S/C25H30O6/c1-15(9-8-12-29-18(4)26)22-16(2)13-20-23(17(3)25(28)30-20)24(22)31-21(27)14-19-10-6-5-7-11-19/h5-7,10-11,15,20,23-24H,3,8-9,12-14H2,1-2,4H3. The van der Waals surface area contributed by atoms with Crippen LogP contribution in [0.1, 0.15) is 45.6 Å². The molecule has 1 saturated heterocycles. The molecule has 0 saturated carbocycles. The van der Waals surface area contributed by atoms with E-state index in [2.05, 4.69) is 13.5 Å². The molecule has 1 aromatic carbocycles. The summed E-state index contributed by atoms with van der Waals surface area (Å²) in [4.78, 5) is 36.0. The number of ether oxygens (including phenoxy) is 3. The van der Waals surface area contributed by atoms with Crippen LogP contribution in [-0.2, 0) is 35.0 Å². The molecule has 0 amide bonds. The van der Waals surface area contributed by atoms with Crippen molar-refractivity contribution in [1.82, 2.24) is 0 Å². The summed E-state index contributed by atoms with van der Waals surface area (Å²) in [6.45, 7) is 9.75. The minimum atomic E-state index is -0.586. The molecule has 1 heterocycles. The molecule has 6 heteroatoms. The fraction of sp³-hybridized carbons (Fsp3) is 0.480. The lowest BCUT2D eigenvalue weighted by atomic mass is 9.73. The lowest BCUT2D eigenvalue weighted by molar-refractivity contribution is -0.150. The van der Waals surface area contributed by atoms with E-state index in [-0.39, 0.29) is 36.3 Å². The molecular formula is C25H30O6. The molecule has 4 atom stereocenters. The predicted molar refractivity (Wildman–Crippen MR) is 115 cm³/mol. The summed E-state index contributed by atoms with van der Waals surface area (Å²) in [7, 11) is 0. The zero-order chi connectivity index (χ0) is 22.5. The average molecular weight is 427 g/mol. The first kappa shape index (κ1) is 22.8. The number of hydrogen-bond donors (Lipinski definition) is 0. The van der Waals surface area contributed by atoms with Gasteiger partial charge in [-0.15, -0.1) is 0 Å². The molecule has 1 fully saturated rings. The number of esters is 3. The molecule has 0 N–H and O–H groups in total. The van der Waals surface area contributed by atoms with E-state index in [1.165, 1.54) is 6.92 Å². The van der Waals surface area contributed by atoms with Gasteiger partial charge in [-0.3, -0.25) is 9.59 Å². The molecule has 1 aromatic rings. The van der Waals surface area contributed by atoms with Gasteiger partial charge in [0.25, 0.3) is 0 Å². The van der Waals surface area contributed by atoms with Crippen molar-refractivity contribution in [3.63, 3.8) is 0 Å². The first-order valence-corrected chi connectivity index (χ1v) is 10.7. The summed E-state index contributed by atoms with van der Waals surface area (Å²) in [6.07, 6.45) is 1.29. The van der Waals surface area contributed by atoms with E-state index in [4.69, 9.17) is 14.2 Å². The fourth-order valence-corrected chi connectivity index (χ4v) is 4.59. The quantitative estimate of drug-likeness (QED) is 0.206. The van der Waals surface area contributed by atoms with Gasteiger partial charge in [-0.2, -0.15) is 0 Å². The molecule has 1 aliphatic carbocycles. The van der Waals surface area contributed by atoms with Gasteiger partial charge in [0.15, 0.2) is 0 Å². The Morgan fingerprint density at radius 3 is 2.65 bits per heavy atom. The van der Waals surface area contributed by atoms with Crippen LogP contribution in [0.25, 0.3) is 0 Å². The third-order valence-electron chi connectivity index (χ3n) is 6.02. The number of rotatable bonds is 8. The van der Waals surface area contributed by atoms with Gasteiger partial charge >= 0.3 is 17.9 Å². The number of carbonyl (C=O) groups excluding carboxylic acids is 3. The van der Waals surface area contributed by atoms with Gasteiger partial charge in [0.1, 0.15) is 12.2 Å². The zero-order valence-corrected chi connectivity index (χ0v) is 18.4. The van der Waals surface area contributed by atoms with Gasteiger partial charge in [-0.1, -0.05) is 49.4 Å². The van der Waals surface area contributed by atoms with Gasteiger partial charge in [-0.05, 0) is 36.8 Å². The predicted octanol–water partition coefficient (Wildman–Crippen LogP) is 3.94. The van der Waals surface area contributed by atoms with Crippen LogP contribution in [0, 0.1) is 11.8 Å². The van der Waals surface area contributed by atoms with Crippen LogP contribution < -0.4 is 0 Å². The smallest absolute Gasteiger partial charge is 0.334 e. The number of benzene rings is 1. The Kier molecular flexibility index (Phi) is 7.31. The highest BCUT2D eigenvalue weighted by molar-refractivity contribution is 5.91. The Morgan fingerprint density at radius 1 is 1.26 bits per heavy atom. The van der Waals surface area contributed by atoms with Gasteiger partial charge in [-0.25, -0.2) is 4.79 Å². The van der Waals surface area contributed by atoms with E-state index < -0.39 is 12.1 Å². The molecule has 3 rings (SSSR count). The third-order valence-corrected chi connectivity index (χ3v) is 6.02. The summed E-state index contributed by atoms with van der Waals surface area (Å²) in [6, 6.07) is 9.42. The van der Waals surface area contributed by atoms with Crippen molar-refractivity contribution in [2.75, 3.05) is 6.61 Å². The second-order valence-electron chi connectivity index (χ2n) is 8.39. The second kappa shape index (κ2) is 9.94. The summed E-state index contributed by atoms with van der Waals surface area (Å²) in [5.41, 5.74) is 3.32. The molecule has 2 aliphatic rings. The number of hydrogen-bond acceptors (Lipinski definition) is 6. The van der Waals surface area contributed by atoms with Crippen molar-refractivity contribution < 1.29 is 28.6 Å². The molecule has 0 spiro atoms. The Balaban J connectivity index is 1.79. The summed E-state index contributed by atoms with van der Waals surface area (Å²) in [5, 5.41) is 0. The van der Waals surface area contributed by atoms with E-state index in [1.54, 1.807) is 0 Å². The van der Waals surface area contributed by atoms with Gasteiger partial charge < -0.3 is 14.2 Å². The van der Waals surface area contributed by atoms with E-state index in [1.807, 2.05) is 37.3 Å². The lowest BCUT2D eigenvalue weighted by Crippen LogP contribution is -2.41. The molecule has 1 aliphatic heterocycles. The monoisotopic (exact) mass is 426 g/mol. The summed E-state index contributed by atoms with van der Waals surface area (Å²) in [5.74, 6) is -1.34. The summed E-state index contributed by atoms with van der Waals surface area (Å²) >= 11 is 0. The highest BCUT2D eigenvalue weighted by Gasteiger charge is 2.50. The average Bonchev–Trinajstić information content (AvgIpc) is 2.99. The van der Waals surface area contributed by atoms with Crippen molar-refractivity contribution in [3.05, 3.63) is 59.2 Å². The van der Waals surface area contributed by atoms with Crippen LogP contribution in [0.3, 0.4) is 0 Å². The Labute approximate surface area is 183 Å². The first-order chi connectivity index (χ1) is 14.8. The maximum atomic E-state index is 12.8. The SMILES string of the molecule is C=C1C(=O)OC2CC(C)=C(C(C)CCCOC(C)=O)C(OC(=O)Cc3ccccc3)C12. The molecule has 0 aromatic heterocycles. The largest absolute Gasteiger partial charge is 0.466 e. The molecule has 0 radical (unpaired) electrons. The van der Waals surface area contributed by atoms with Crippen LogP contribution in [0.2, 0.25) is 0 Å². The van der Waals surface area contributed by atoms with Gasteiger partial charge in [0.2, 0.25) is 0 Å². The minimum absolute atomic E-state index is 0.0922. The maximum Gasteiger partial charge on any atom is 0.334 e. The molecule has 6 nitrogen and oxygen atoms in total. The van der Waals surface area contributed by atoms with Crippen molar-refractivity contribution in [2.45, 2.75) is 58.7 Å². The Morgan fingerprint density at radius 2 is 1.97 bits per heavy atom. The minimum Gasteiger partial charge on any atom is -0.466 e. The Bertz CT molecular complexity index is 885. The van der Waals surface area contributed by atoms with Crippen molar-refractivity contribution >= 4 is 17.9 Å². The number of fused-ring (bicyclic) bond motifs is 1. The van der Waals surface area contributed by atoms with E-state index in [0.29, 0.717) is 25.0 Å². The molecular weight excluding hydrogens is 396 g/mol. The molecule has 166 valence electrons. The Hall–Kier alpha value is -2.89. The third kappa shape index (κ3) is 5.43.